The first-order chi connectivity index (χ1) is 15.6. The molecule has 3 heterocycles. The second kappa shape index (κ2) is 8.73. The van der Waals surface area contributed by atoms with Crippen LogP contribution in [0.2, 0.25) is 0 Å². The van der Waals surface area contributed by atoms with Gasteiger partial charge in [-0.1, -0.05) is 24.3 Å². The average molecular weight is 458 g/mol. The van der Waals surface area contributed by atoms with Gasteiger partial charge in [-0.25, -0.2) is 0 Å². The van der Waals surface area contributed by atoms with E-state index < -0.39 is 0 Å². The van der Waals surface area contributed by atoms with Crippen LogP contribution in [0.1, 0.15) is 33.1 Å². The van der Waals surface area contributed by atoms with Crippen LogP contribution in [0.15, 0.2) is 85.1 Å². The maximum absolute atomic E-state index is 6.08. The zero-order valence-corrected chi connectivity index (χ0v) is 19.5. The summed E-state index contributed by atoms with van der Waals surface area (Å²) in [4.78, 5) is 9.34. The highest BCUT2D eigenvalue weighted by Gasteiger charge is 2.41. The van der Waals surface area contributed by atoms with Gasteiger partial charge in [0, 0.05) is 21.6 Å². The van der Waals surface area contributed by atoms with Crippen molar-refractivity contribution in [2.75, 3.05) is 4.90 Å². The molecule has 2 atom stereocenters. The van der Waals surface area contributed by atoms with E-state index in [-0.39, 0.29) is 12.1 Å². The predicted molar refractivity (Wildman–Crippen MR) is 135 cm³/mol. The number of aryl methyl sites for hydroxylation is 2. The van der Waals surface area contributed by atoms with E-state index in [9.17, 15) is 0 Å². The minimum absolute atomic E-state index is 0.0235. The van der Waals surface area contributed by atoms with Gasteiger partial charge in [-0.3, -0.25) is 4.98 Å². The van der Waals surface area contributed by atoms with Gasteiger partial charge < -0.3 is 15.0 Å². The van der Waals surface area contributed by atoms with E-state index in [1.54, 1.807) is 11.3 Å². The summed E-state index contributed by atoms with van der Waals surface area (Å²) in [5.41, 5.74) is 3.11. The zero-order valence-electron chi connectivity index (χ0n) is 17.9. The lowest BCUT2D eigenvalue weighted by atomic mass is 10.0. The Morgan fingerprint density at radius 2 is 1.72 bits per heavy atom. The molecule has 2 aromatic carbocycles. The fourth-order valence-electron chi connectivity index (χ4n) is 4.01. The molecular formula is C26H23N3OS2. The maximum Gasteiger partial charge on any atom is 0.174 e. The first kappa shape index (κ1) is 20.7. The number of ether oxygens (including phenoxy) is 1. The number of benzene rings is 2. The van der Waals surface area contributed by atoms with Gasteiger partial charge >= 0.3 is 0 Å². The van der Waals surface area contributed by atoms with Crippen LogP contribution in [0, 0.1) is 13.8 Å². The summed E-state index contributed by atoms with van der Waals surface area (Å²) in [6.07, 6.45) is 1.83. The van der Waals surface area contributed by atoms with Crippen molar-refractivity contribution in [2.45, 2.75) is 25.9 Å². The molecule has 0 saturated carbocycles. The third-order valence-corrected chi connectivity index (χ3v) is 6.97. The van der Waals surface area contributed by atoms with Gasteiger partial charge in [0.25, 0.3) is 0 Å². The van der Waals surface area contributed by atoms with Gasteiger partial charge in [0.2, 0.25) is 0 Å². The van der Waals surface area contributed by atoms with Gasteiger partial charge in [0.05, 0.1) is 17.8 Å². The van der Waals surface area contributed by atoms with Crippen LogP contribution in [-0.4, -0.2) is 10.1 Å². The molecule has 160 valence electrons. The minimum atomic E-state index is -0.0235. The summed E-state index contributed by atoms with van der Waals surface area (Å²) in [5, 5.41) is 4.21. The average Bonchev–Trinajstić information content (AvgIpc) is 3.39. The van der Waals surface area contributed by atoms with E-state index in [1.165, 1.54) is 9.75 Å². The summed E-state index contributed by atoms with van der Waals surface area (Å²) in [6.45, 7) is 4.18. The van der Waals surface area contributed by atoms with Gasteiger partial charge in [-0.15, -0.1) is 11.3 Å². The first-order valence-corrected chi connectivity index (χ1v) is 11.7. The van der Waals surface area contributed by atoms with Crippen molar-refractivity contribution >= 4 is 34.4 Å². The number of pyridine rings is 1. The highest BCUT2D eigenvalue weighted by atomic mass is 32.1. The molecule has 1 fully saturated rings. The predicted octanol–water partition coefficient (Wildman–Crippen LogP) is 6.73. The third-order valence-electron chi connectivity index (χ3n) is 5.59. The van der Waals surface area contributed by atoms with Crippen molar-refractivity contribution in [2.24, 2.45) is 0 Å². The Balaban J connectivity index is 1.48. The smallest absolute Gasteiger partial charge is 0.174 e. The quantitative estimate of drug-likeness (QED) is 0.336. The lowest BCUT2D eigenvalue weighted by Gasteiger charge is -2.27. The van der Waals surface area contributed by atoms with Crippen molar-refractivity contribution < 1.29 is 4.74 Å². The number of aromatic nitrogens is 1. The normalized spacial score (nSPS) is 17.9. The molecule has 0 bridgehead atoms. The molecule has 32 heavy (non-hydrogen) atoms. The standard InChI is InChI=1S/C26H23N3OS2/c1-17-7-3-4-9-22(17)30-20-13-11-19(12-14-20)29-25(23-15-10-18(2)32-23)24(28-26(29)31)21-8-5-6-16-27-21/h3-16,24-25H,1-2H3,(H,28,31). The summed E-state index contributed by atoms with van der Waals surface area (Å²) in [6, 6.07) is 26.5. The Morgan fingerprint density at radius 3 is 2.41 bits per heavy atom. The Kier molecular flexibility index (Phi) is 5.64. The fraction of sp³-hybridized carbons (Fsp3) is 0.154. The zero-order chi connectivity index (χ0) is 22.1. The lowest BCUT2D eigenvalue weighted by molar-refractivity contribution is 0.479. The summed E-state index contributed by atoms with van der Waals surface area (Å²) >= 11 is 7.60. The maximum atomic E-state index is 6.08. The number of hydrogen-bond donors (Lipinski definition) is 1. The van der Waals surface area contributed by atoms with Gasteiger partial charge in [0.1, 0.15) is 11.5 Å². The summed E-state index contributed by atoms with van der Waals surface area (Å²) < 4.78 is 6.08. The van der Waals surface area contributed by atoms with Gasteiger partial charge in [0.15, 0.2) is 5.11 Å². The number of para-hydroxylation sites is 1. The number of nitrogens with one attached hydrogen (secondary N) is 1. The fourth-order valence-corrected chi connectivity index (χ4v) is 5.36. The number of thiocarbonyl (C=S) groups is 1. The van der Waals surface area contributed by atoms with E-state index >= 15 is 0 Å². The Bertz CT molecular complexity index is 1240. The topological polar surface area (TPSA) is 37.4 Å². The molecule has 0 radical (unpaired) electrons. The molecule has 4 nitrogen and oxygen atoms in total. The van der Waals surface area contributed by atoms with Crippen LogP contribution in [0.3, 0.4) is 0 Å². The summed E-state index contributed by atoms with van der Waals surface area (Å²) in [7, 11) is 0. The molecule has 4 aromatic rings. The lowest BCUT2D eigenvalue weighted by Crippen LogP contribution is -2.28. The van der Waals surface area contributed by atoms with Crippen molar-refractivity contribution in [3.8, 4) is 11.5 Å². The van der Waals surface area contributed by atoms with Crippen molar-refractivity contribution in [3.63, 3.8) is 0 Å². The van der Waals surface area contributed by atoms with E-state index in [0.717, 1.165) is 28.4 Å². The van der Waals surface area contributed by atoms with Crippen LogP contribution >= 0.6 is 23.6 Å². The molecule has 1 aliphatic heterocycles. The molecule has 1 aliphatic rings. The van der Waals surface area contributed by atoms with Gasteiger partial charge in [-0.2, -0.15) is 0 Å². The molecule has 0 amide bonds. The number of rotatable bonds is 5. The Morgan fingerprint density at radius 1 is 0.938 bits per heavy atom. The molecule has 2 aromatic heterocycles. The molecule has 0 aliphatic carbocycles. The van der Waals surface area contributed by atoms with Crippen molar-refractivity contribution in [1.29, 1.82) is 0 Å². The van der Waals surface area contributed by atoms with E-state index in [1.807, 2.05) is 61.7 Å². The molecule has 0 spiro atoms. The van der Waals surface area contributed by atoms with Crippen LogP contribution in [0.5, 0.6) is 11.5 Å². The Labute approximate surface area is 197 Å². The number of anilines is 1. The number of nitrogens with zero attached hydrogens (tertiary/aromatic N) is 2. The van der Waals surface area contributed by atoms with E-state index in [4.69, 9.17) is 17.0 Å². The molecule has 5 rings (SSSR count). The van der Waals surface area contributed by atoms with E-state index in [0.29, 0.717) is 5.11 Å². The molecule has 6 heteroatoms. The molecule has 1 saturated heterocycles. The molecule has 2 unspecified atom stereocenters. The molecule has 1 N–H and O–H groups in total. The number of hydrogen-bond acceptors (Lipinski definition) is 4. The van der Waals surface area contributed by atoms with Crippen LogP contribution in [0.4, 0.5) is 5.69 Å². The second-order valence-electron chi connectivity index (χ2n) is 7.81. The van der Waals surface area contributed by atoms with Crippen LogP contribution in [0.25, 0.3) is 0 Å². The monoisotopic (exact) mass is 457 g/mol. The molecular weight excluding hydrogens is 434 g/mol. The van der Waals surface area contributed by atoms with Crippen LogP contribution in [-0.2, 0) is 0 Å². The van der Waals surface area contributed by atoms with Gasteiger partial charge in [-0.05, 0) is 86.2 Å². The third kappa shape index (κ3) is 3.99. The largest absolute Gasteiger partial charge is 0.457 e. The highest BCUT2D eigenvalue weighted by molar-refractivity contribution is 7.80. The van der Waals surface area contributed by atoms with E-state index in [2.05, 4.69) is 52.5 Å². The Hall–Kier alpha value is -3.22. The van der Waals surface area contributed by atoms with Crippen molar-refractivity contribution in [3.05, 3.63) is 106 Å². The van der Waals surface area contributed by atoms with Crippen molar-refractivity contribution in [1.82, 2.24) is 10.3 Å². The number of thiophene rings is 1. The SMILES string of the molecule is Cc1ccc(C2C(c3ccccn3)NC(=S)N2c2ccc(Oc3ccccc3C)cc2)s1. The summed E-state index contributed by atoms with van der Waals surface area (Å²) in [5.74, 6) is 1.66. The highest BCUT2D eigenvalue weighted by Crippen LogP contribution is 2.44. The minimum Gasteiger partial charge on any atom is -0.457 e. The van der Waals surface area contributed by atoms with Crippen LogP contribution < -0.4 is 15.0 Å². The second-order valence-corrected chi connectivity index (χ2v) is 9.51. The first-order valence-electron chi connectivity index (χ1n) is 10.5.